The van der Waals surface area contributed by atoms with Gasteiger partial charge >= 0.3 is 0 Å². The van der Waals surface area contributed by atoms with Crippen molar-refractivity contribution in [2.24, 2.45) is 0 Å². The van der Waals surface area contributed by atoms with Gasteiger partial charge in [0.1, 0.15) is 17.3 Å². The lowest BCUT2D eigenvalue weighted by atomic mass is 10.2. The summed E-state index contributed by atoms with van der Waals surface area (Å²) in [5.74, 6) is 2.43. The van der Waals surface area contributed by atoms with Gasteiger partial charge in [0.2, 0.25) is 0 Å². The summed E-state index contributed by atoms with van der Waals surface area (Å²) in [7, 11) is 0. The Balaban J connectivity index is 1.67. The van der Waals surface area contributed by atoms with E-state index < -0.39 is 0 Å². The van der Waals surface area contributed by atoms with E-state index in [1.807, 2.05) is 72.8 Å². The number of H-pyrrole nitrogens is 1. The van der Waals surface area contributed by atoms with Gasteiger partial charge < -0.3 is 9.72 Å². The van der Waals surface area contributed by atoms with Crippen LogP contribution in [-0.2, 0) is 0 Å². The topological polar surface area (TPSA) is 37.9 Å². The van der Waals surface area contributed by atoms with Gasteiger partial charge in [-0.2, -0.15) is 0 Å². The average Bonchev–Trinajstić information content (AvgIpc) is 3.02. The molecule has 3 aromatic carbocycles. The Kier molecular flexibility index (Phi) is 3.60. The first-order chi connectivity index (χ1) is 11.3. The third kappa shape index (κ3) is 2.85. The van der Waals surface area contributed by atoms with Crippen molar-refractivity contribution in [1.29, 1.82) is 0 Å². The van der Waals surface area contributed by atoms with Crippen molar-refractivity contribution >= 4 is 27.0 Å². The van der Waals surface area contributed by atoms with E-state index in [1.54, 1.807) is 0 Å². The van der Waals surface area contributed by atoms with Crippen LogP contribution in [-0.4, -0.2) is 9.97 Å². The number of imidazole rings is 1. The highest BCUT2D eigenvalue weighted by molar-refractivity contribution is 9.10. The van der Waals surface area contributed by atoms with E-state index in [0.717, 1.165) is 38.4 Å². The summed E-state index contributed by atoms with van der Waals surface area (Å²) in [4.78, 5) is 7.96. The number of para-hydroxylation sites is 3. The molecule has 0 saturated heterocycles. The molecule has 0 spiro atoms. The highest BCUT2D eigenvalue weighted by Gasteiger charge is 2.09. The minimum absolute atomic E-state index is 0.774. The number of nitrogens with zero attached hydrogens (tertiary/aromatic N) is 1. The molecule has 0 aliphatic rings. The number of aromatic nitrogens is 2. The first kappa shape index (κ1) is 14.0. The highest BCUT2D eigenvalue weighted by atomic mass is 79.9. The van der Waals surface area contributed by atoms with Crippen LogP contribution in [0.3, 0.4) is 0 Å². The van der Waals surface area contributed by atoms with Crippen molar-refractivity contribution in [3.05, 3.63) is 77.3 Å². The van der Waals surface area contributed by atoms with Crippen molar-refractivity contribution in [3.63, 3.8) is 0 Å². The Morgan fingerprint density at radius 3 is 2.43 bits per heavy atom. The smallest absolute Gasteiger partial charge is 0.141 e. The molecule has 0 aliphatic heterocycles. The zero-order valence-corrected chi connectivity index (χ0v) is 13.7. The Labute approximate surface area is 142 Å². The van der Waals surface area contributed by atoms with Gasteiger partial charge in [-0.3, -0.25) is 0 Å². The van der Waals surface area contributed by atoms with Crippen LogP contribution in [0.5, 0.6) is 11.5 Å². The van der Waals surface area contributed by atoms with Gasteiger partial charge in [0, 0.05) is 5.56 Å². The van der Waals surface area contributed by atoms with Crippen LogP contribution in [0.2, 0.25) is 0 Å². The number of hydrogen-bond donors (Lipinski definition) is 1. The normalized spacial score (nSPS) is 10.8. The molecule has 4 heteroatoms. The number of aromatic amines is 1. The predicted octanol–water partition coefficient (Wildman–Crippen LogP) is 5.78. The number of hydrogen-bond acceptors (Lipinski definition) is 2. The van der Waals surface area contributed by atoms with E-state index in [1.165, 1.54) is 0 Å². The second-order valence-electron chi connectivity index (χ2n) is 5.16. The minimum Gasteiger partial charge on any atom is -0.456 e. The van der Waals surface area contributed by atoms with Crippen molar-refractivity contribution in [3.8, 4) is 22.9 Å². The quantitative estimate of drug-likeness (QED) is 0.499. The molecule has 0 saturated carbocycles. The van der Waals surface area contributed by atoms with Crippen molar-refractivity contribution < 1.29 is 4.74 Å². The first-order valence-corrected chi connectivity index (χ1v) is 8.06. The molecule has 1 aromatic heterocycles. The number of fused-ring (bicyclic) bond motifs is 1. The third-order valence-electron chi connectivity index (χ3n) is 3.57. The number of benzene rings is 3. The maximum Gasteiger partial charge on any atom is 0.141 e. The van der Waals surface area contributed by atoms with Gasteiger partial charge in [0.15, 0.2) is 0 Å². The number of rotatable bonds is 3. The van der Waals surface area contributed by atoms with Crippen LogP contribution in [0, 0.1) is 0 Å². The largest absolute Gasteiger partial charge is 0.456 e. The SMILES string of the molecule is Brc1cc(-c2nc3ccccc3[nH]2)ccc1Oc1ccccc1. The van der Waals surface area contributed by atoms with Gasteiger partial charge in [-0.1, -0.05) is 30.3 Å². The minimum atomic E-state index is 0.774. The summed E-state index contributed by atoms with van der Waals surface area (Å²) < 4.78 is 6.77. The molecule has 0 fully saturated rings. The second-order valence-corrected chi connectivity index (χ2v) is 6.02. The summed E-state index contributed by atoms with van der Waals surface area (Å²) in [5.41, 5.74) is 3.00. The maximum absolute atomic E-state index is 5.88. The maximum atomic E-state index is 5.88. The van der Waals surface area contributed by atoms with Crippen molar-refractivity contribution in [2.45, 2.75) is 0 Å². The first-order valence-electron chi connectivity index (χ1n) is 7.27. The van der Waals surface area contributed by atoms with Crippen molar-refractivity contribution in [2.75, 3.05) is 0 Å². The lowest BCUT2D eigenvalue weighted by Crippen LogP contribution is -1.87. The Morgan fingerprint density at radius 1 is 0.870 bits per heavy atom. The molecule has 4 aromatic rings. The summed E-state index contributed by atoms with van der Waals surface area (Å²) in [5, 5.41) is 0. The zero-order chi connectivity index (χ0) is 15.6. The van der Waals surface area contributed by atoms with E-state index in [9.17, 15) is 0 Å². The number of nitrogens with one attached hydrogen (secondary N) is 1. The summed E-state index contributed by atoms with van der Waals surface area (Å²) in [6, 6.07) is 23.7. The molecule has 0 radical (unpaired) electrons. The molecule has 0 bridgehead atoms. The summed E-state index contributed by atoms with van der Waals surface area (Å²) >= 11 is 3.58. The number of halogens is 1. The lowest BCUT2D eigenvalue weighted by Gasteiger charge is -2.08. The Bertz CT molecular complexity index is 930. The van der Waals surface area contributed by atoms with Crippen molar-refractivity contribution in [1.82, 2.24) is 9.97 Å². The van der Waals surface area contributed by atoms with Crippen LogP contribution in [0.25, 0.3) is 22.4 Å². The van der Waals surface area contributed by atoms with E-state index in [4.69, 9.17) is 4.74 Å². The zero-order valence-electron chi connectivity index (χ0n) is 12.2. The summed E-state index contributed by atoms with van der Waals surface area (Å²) in [6.45, 7) is 0. The predicted molar refractivity (Wildman–Crippen MR) is 95.7 cm³/mol. The lowest BCUT2D eigenvalue weighted by molar-refractivity contribution is 0.480. The van der Waals surface area contributed by atoms with Gasteiger partial charge in [-0.15, -0.1) is 0 Å². The van der Waals surface area contributed by atoms with Crippen LogP contribution < -0.4 is 4.74 Å². The molecular weight excluding hydrogens is 352 g/mol. The van der Waals surface area contributed by atoms with Crippen LogP contribution in [0.15, 0.2) is 77.3 Å². The Hall–Kier alpha value is -2.59. The molecule has 0 amide bonds. The molecule has 4 rings (SSSR count). The van der Waals surface area contributed by atoms with Gasteiger partial charge in [-0.25, -0.2) is 4.98 Å². The molecule has 0 atom stereocenters. The molecule has 1 heterocycles. The highest BCUT2D eigenvalue weighted by Crippen LogP contribution is 2.33. The Morgan fingerprint density at radius 2 is 1.65 bits per heavy atom. The molecule has 1 N–H and O–H groups in total. The van der Waals surface area contributed by atoms with E-state index >= 15 is 0 Å². The molecule has 112 valence electrons. The standard InChI is InChI=1S/C19H13BrN2O/c20-15-12-13(19-21-16-8-4-5-9-17(16)22-19)10-11-18(15)23-14-6-2-1-3-7-14/h1-12H,(H,21,22). The van der Waals surface area contributed by atoms with E-state index in [0.29, 0.717) is 0 Å². The number of ether oxygens (including phenoxy) is 1. The van der Waals surface area contributed by atoms with Gasteiger partial charge in [-0.05, 0) is 58.4 Å². The molecule has 23 heavy (non-hydrogen) atoms. The monoisotopic (exact) mass is 364 g/mol. The summed E-state index contributed by atoms with van der Waals surface area (Å²) in [6.07, 6.45) is 0. The average molecular weight is 365 g/mol. The van der Waals surface area contributed by atoms with Crippen LogP contribution >= 0.6 is 15.9 Å². The fourth-order valence-corrected chi connectivity index (χ4v) is 2.90. The van der Waals surface area contributed by atoms with E-state index in [-0.39, 0.29) is 0 Å². The molecule has 0 aliphatic carbocycles. The second kappa shape index (κ2) is 5.89. The fraction of sp³-hybridized carbons (Fsp3) is 0. The third-order valence-corrected chi connectivity index (χ3v) is 4.19. The van der Waals surface area contributed by atoms with Gasteiger partial charge in [0.05, 0.1) is 15.5 Å². The van der Waals surface area contributed by atoms with Crippen LogP contribution in [0.4, 0.5) is 0 Å². The van der Waals surface area contributed by atoms with Crippen LogP contribution in [0.1, 0.15) is 0 Å². The van der Waals surface area contributed by atoms with Gasteiger partial charge in [0.25, 0.3) is 0 Å². The fourth-order valence-electron chi connectivity index (χ4n) is 2.44. The molecule has 0 unspecified atom stereocenters. The molecular formula is C19H13BrN2O. The molecule has 3 nitrogen and oxygen atoms in total. The van der Waals surface area contributed by atoms with E-state index in [2.05, 4.69) is 25.9 Å².